The van der Waals surface area contributed by atoms with Gasteiger partial charge in [0.05, 0.1) is 15.5 Å². The lowest BCUT2D eigenvalue weighted by molar-refractivity contribution is 0.101. The molecule has 0 spiro atoms. The molecule has 2 N–H and O–H groups in total. The Morgan fingerprint density at radius 2 is 2.00 bits per heavy atom. The second-order valence-electron chi connectivity index (χ2n) is 4.09. The van der Waals surface area contributed by atoms with E-state index in [-0.39, 0.29) is 43.6 Å². The van der Waals surface area contributed by atoms with E-state index in [1.54, 1.807) is 6.26 Å². The predicted octanol–water partition coefficient (Wildman–Crippen LogP) is 4.10. The number of carbonyl (C=O) groups excluding carboxylic acids is 1. The monoisotopic (exact) mass is 345 g/mol. The molecule has 0 aliphatic rings. The summed E-state index contributed by atoms with van der Waals surface area (Å²) in [5.74, 6) is -1.03. The zero-order chi connectivity index (χ0) is 15.7. The van der Waals surface area contributed by atoms with Crippen LogP contribution in [0.3, 0.4) is 0 Å². The number of Topliss-reactive ketones (excluding diaryl/α,β-unsaturated/α-hetero) is 1. The van der Waals surface area contributed by atoms with E-state index in [1.807, 2.05) is 0 Å². The Bertz CT molecular complexity index is 740. The maximum absolute atomic E-state index is 14.4. The van der Waals surface area contributed by atoms with E-state index in [0.717, 1.165) is 11.8 Å². The molecule has 110 valence electrons. The van der Waals surface area contributed by atoms with E-state index >= 15 is 0 Å². The average Bonchev–Trinajstić information content (AvgIpc) is 2.42. The van der Waals surface area contributed by atoms with Crippen LogP contribution in [0.4, 0.5) is 10.2 Å². The summed E-state index contributed by atoms with van der Waals surface area (Å²) in [6.07, 6.45) is 1.70. The van der Waals surface area contributed by atoms with Crippen LogP contribution in [0.5, 0.6) is 0 Å². The van der Waals surface area contributed by atoms with E-state index < -0.39 is 5.82 Å². The van der Waals surface area contributed by atoms with Crippen LogP contribution in [0.2, 0.25) is 10.0 Å². The van der Waals surface area contributed by atoms with E-state index in [2.05, 4.69) is 9.97 Å². The van der Waals surface area contributed by atoms with Crippen molar-refractivity contribution in [2.75, 3.05) is 12.0 Å². The molecule has 0 saturated heterocycles. The summed E-state index contributed by atoms with van der Waals surface area (Å²) in [5, 5.41) is 0.253. The number of halogens is 3. The summed E-state index contributed by atoms with van der Waals surface area (Å²) in [7, 11) is 0. The first-order valence-electron chi connectivity index (χ1n) is 5.73. The van der Waals surface area contributed by atoms with Crippen LogP contribution in [-0.4, -0.2) is 22.0 Å². The molecule has 0 radical (unpaired) electrons. The maximum atomic E-state index is 14.4. The van der Waals surface area contributed by atoms with Crippen molar-refractivity contribution in [2.24, 2.45) is 0 Å². The van der Waals surface area contributed by atoms with Crippen molar-refractivity contribution in [3.05, 3.63) is 33.7 Å². The van der Waals surface area contributed by atoms with E-state index in [9.17, 15) is 9.18 Å². The van der Waals surface area contributed by atoms with Gasteiger partial charge in [-0.15, -0.1) is 11.8 Å². The molecule has 0 aliphatic heterocycles. The number of hydrogen-bond acceptors (Lipinski definition) is 5. The van der Waals surface area contributed by atoms with E-state index in [0.29, 0.717) is 0 Å². The smallest absolute Gasteiger partial charge is 0.179 e. The molecule has 0 aliphatic carbocycles. The third-order valence-corrected chi connectivity index (χ3v) is 4.31. The molecule has 0 atom stereocenters. The third-order valence-electron chi connectivity index (χ3n) is 2.70. The lowest BCUT2D eigenvalue weighted by Gasteiger charge is -2.10. The summed E-state index contributed by atoms with van der Waals surface area (Å²) in [5.41, 5.74) is 5.72. The second kappa shape index (κ2) is 6.17. The van der Waals surface area contributed by atoms with Crippen LogP contribution in [0.1, 0.15) is 17.4 Å². The molecule has 0 saturated carbocycles. The van der Waals surface area contributed by atoms with Gasteiger partial charge in [-0.3, -0.25) is 4.79 Å². The van der Waals surface area contributed by atoms with E-state index in [4.69, 9.17) is 28.9 Å². The Kier molecular flexibility index (Phi) is 4.70. The van der Waals surface area contributed by atoms with Crippen molar-refractivity contribution in [3.8, 4) is 11.4 Å². The van der Waals surface area contributed by atoms with Crippen molar-refractivity contribution in [2.45, 2.75) is 11.8 Å². The Balaban J connectivity index is 2.71. The van der Waals surface area contributed by atoms with Crippen molar-refractivity contribution in [3.63, 3.8) is 0 Å². The summed E-state index contributed by atoms with van der Waals surface area (Å²) >= 11 is 13.0. The highest BCUT2D eigenvalue weighted by atomic mass is 35.5. The zero-order valence-corrected chi connectivity index (χ0v) is 13.4. The number of benzene rings is 1. The standard InChI is InChI=1S/C13H10Cl2FN3OS/c1-5(20)10-8(15)12(17)19-13(18-10)6-3-4-7(14)11(21-2)9(6)16/h3-4H,1-2H3,(H2,17,18,19). The molecule has 1 aromatic heterocycles. The maximum Gasteiger partial charge on any atom is 0.179 e. The van der Waals surface area contributed by atoms with Crippen molar-refractivity contribution >= 4 is 46.6 Å². The van der Waals surface area contributed by atoms with Crippen molar-refractivity contribution in [1.29, 1.82) is 0 Å². The first-order chi connectivity index (χ1) is 9.86. The lowest BCUT2D eigenvalue weighted by atomic mass is 10.2. The van der Waals surface area contributed by atoms with Crippen molar-refractivity contribution < 1.29 is 9.18 Å². The topological polar surface area (TPSA) is 68.9 Å². The van der Waals surface area contributed by atoms with E-state index in [1.165, 1.54) is 19.1 Å². The minimum atomic E-state index is -0.564. The summed E-state index contributed by atoms with van der Waals surface area (Å²) in [6.45, 7) is 1.29. The van der Waals surface area contributed by atoms with Gasteiger partial charge in [-0.2, -0.15) is 0 Å². The molecule has 2 aromatic rings. The highest BCUT2D eigenvalue weighted by molar-refractivity contribution is 7.98. The molecule has 1 aromatic carbocycles. The lowest BCUT2D eigenvalue weighted by Crippen LogP contribution is -2.07. The number of rotatable bonds is 3. The van der Waals surface area contributed by atoms with Crippen LogP contribution in [0, 0.1) is 5.82 Å². The van der Waals surface area contributed by atoms with Crippen molar-refractivity contribution in [1.82, 2.24) is 9.97 Å². The van der Waals surface area contributed by atoms with Gasteiger partial charge in [0.2, 0.25) is 0 Å². The molecule has 21 heavy (non-hydrogen) atoms. The number of thioether (sulfide) groups is 1. The molecular weight excluding hydrogens is 336 g/mol. The number of nitrogen functional groups attached to an aromatic ring is 1. The number of anilines is 1. The Labute approximate surface area is 134 Å². The highest BCUT2D eigenvalue weighted by Crippen LogP contribution is 2.34. The average molecular weight is 346 g/mol. The summed E-state index contributed by atoms with van der Waals surface area (Å²) in [6, 6.07) is 2.97. The Morgan fingerprint density at radius 1 is 1.33 bits per heavy atom. The summed E-state index contributed by atoms with van der Waals surface area (Å²) < 4.78 is 14.4. The first kappa shape index (κ1) is 16.0. The SMILES string of the molecule is CSc1c(Cl)ccc(-c2nc(N)c(Cl)c(C(C)=O)n2)c1F. The van der Waals surface area contributed by atoms with Gasteiger partial charge in [0, 0.05) is 6.92 Å². The van der Waals surface area contributed by atoms with Gasteiger partial charge >= 0.3 is 0 Å². The van der Waals surface area contributed by atoms with Crippen LogP contribution in [0.15, 0.2) is 17.0 Å². The van der Waals surface area contributed by atoms with Gasteiger partial charge < -0.3 is 5.73 Å². The minimum absolute atomic E-state index is 0.00781. The second-order valence-corrected chi connectivity index (χ2v) is 5.70. The predicted molar refractivity (Wildman–Crippen MR) is 83.6 cm³/mol. The van der Waals surface area contributed by atoms with Gasteiger partial charge in [-0.05, 0) is 18.4 Å². The highest BCUT2D eigenvalue weighted by Gasteiger charge is 2.19. The summed E-state index contributed by atoms with van der Waals surface area (Å²) in [4.78, 5) is 19.7. The fraction of sp³-hybridized carbons (Fsp3) is 0.154. The number of nitrogens with two attached hydrogens (primary N) is 1. The molecule has 8 heteroatoms. The molecule has 2 rings (SSSR count). The number of carbonyl (C=O) groups is 1. The number of hydrogen-bond donors (Lipinski definition) is 1. The molecule has 0 unspecified atom stereocenters. The number of nitrogens with zero attached hydrogens (tertiary/aromatic N) is 2. The molecule has 1 heterocycles. The van der Waals surface area contributed by atoms with Crippen LogP contribution < -0.4 is 5.73 Å². The quantitative estimate of drug-likeness (QED) is 0.669. The van der Waals surface area contributed by atoms with Gasteiger partial charge in [-0.25, -0.2) is 14.4 Å². The molecular formula is C13H10Cl2FN3OS. The largest absolute Gasteiger partial charge is 0.382 e. The number of aromatic nitrogens is 2. The van der Waals surface area contributed by atoms with Gasteiger partial charge in [0.15, 0.2) is 11.6 Å². The third kappa shape index (κ3) is 2.97. The fourth-order valence-electron chi connectivity index (χ4n) is 1.71. The molecule has 0 amide bonds. The zero-order valence-electron chi connectivity index (χ0n) is 11.1. The molecule has 4 nitrogen and oxygen atoms in total. The van der Waals surface area contributed by atoms with Crippen LogP contribution in [0.25, 0.3) is 11.4 Å². The van der Waals surface area contributed by atoms with Crippen LogP contribution >= 0.6 is 35.0 Å². The fourth-order valence-corrected chi connectivity index (χ4v) is 2.86. The number of ketones is 1. The first-order valence-corrected chi connectivity index (χ1v) is 7.71. The molecule has 0 bridgehead atoms. The van der Waals surface area contributed by atoms with Gasteiger partial charge in [-0.1, -0.05) is 23.2 Å². The Morgan fingerprint density at radius 3 is 2.57 bits per heavy atom. The molecule has 0 fully saturated rings. The van der Waals surface area contributed by atoms with Crippen LogP contribution in [-0.2, 0) is 0 Å². The Hall–Kier alpha value is -1.37. The van der Waals surface area contributed by atoms with Gasteiger partial charge in [0.25, 0.3) is 0 Å². The normalized spacial score (nSPS) is 10.7. The minimum Gasteiger partial charge on any atom is -0.382 e. The van der Waals surface area contributed by atoms with Gasteiger partial charge in [0.1, 0.15) is 22.4 Å².